The van der Waals surface area contributed by atoms with Gasteiger partial charge in [-0.05, 0) is 52.9 Å². The number of pyridine rings is 1. The second-order valence-electron chi connectivity index (χ2n) is 7.52. The average molecular weight is 290 g/mol. The lowest BCUT2D eigenvalue weighted by molar-refractivity contribution is 0.266. The number of hydrogen-bond acceptors (Lipinski definition) is 4. The maximum atomic E-state index is 4.49. The van der Waals surface area contributed by atoms with E-state index in [0.717, 1.165) is 25.3 Å². The van der Waals surface area contributed by atoms with Crippen LogP contribution in [-0.4, -0.2) is 48.6 Å². The van der Waals surface area contributed by atoms with Crippen LogP contribution in [0.3, 0.4) is 0 Å². The van der Waals surface area contributed by atoms with Crippen molar-refractivity contribution in [3.63, 3.8) is 0 Å². The molecule has 1 N–H and O–H groups in total. The van der Waals surface area contributed by atoms with E-state index in [4.69, 9.17) is 0 Å². The topological polar surface area (TPSA) is 31.4 Å². The summed E-state index contributed by atoms with van der Waals surface area (Å²) in [6.07, 6.45) is 1.93. The van der Waals surface area contributed by atoms with Gasteiger partial charge in [0.25, 0.3) is 0 Å². The predicted octanol–water partition coefficient (Wildman–Crippen LogP) is 2.36. The molecule has 21 heavy (non-hydrogen) atoms. The summed E-state index contributed by atoms with van der Waals surface area (Å²) in [7, 11) is 4.35. The Bertz CT molecular complexity index is 464. The Balaban J connectivity index is 2.05. The fourth-order valence-corrected chi connectivity index (χ4v) is 2.95. The number of nitrogens with one attached hydrogen (secondary N) is 1. The van der Waals surface area contributed by atoms with Crippen molar-refractivity contribution in [2.24, 2.45) is 5.92 Å². The predicted molar refractivity (Wildman–Crippen MR) is 89.7 cm³/mol. The second-order valence-corrected chi connectivity index (χ2v) is 7.52. The lowest BCUT2D eigenvalue weighted by atomic mass is 10.1. The highest BCUT2D eigenvalue weighted by atomic mass is 15.2. The first-order chi connectivity index (χ1) is 9.76. The van der Waals surface area contributed by atoms with E-state index in [1.165, 1.54) is 5.69 Å². The number of nitrogens with zero attached hydrogens (tertiary/aromatic N) is 3. The number of aromatic nitrogens is 1. The molecule has 1 aromatic heterocycles. The van der Waals surface area contributed by atoms with E-state index in [0.29, 0.717) is 12.0 Å². The minimum Gasteiger partial charge on any atom is -0.370 e. The monoisotopic (exact) mass is 290 g/mol. The van der Waals surface area contributed by atoms with Crippen molar-refractivity contribution in [2.75, 3.05) is 32.1 Å². The van der Waals surface area contributed by atoms with Gasteiger partial charge >= 0.3 is 0 Å². The van der Waals surface area contributed by atoms with Crippen LogP contribution in [0.5, 0.6) is 0 Å². The third-order valence-electron chi connectivity index (χ3n) is 4.20. The highest BCUT2D eigenvalue weighted by Gasteiger charge is 2.31. The van der Waals surface area contributed by atoms with Crippen molar-refractivity contribution in [2.45, 2.75) is 45.8 Å². The van der Waals surface area contributed by atoms with Crippen LogP contribution in [0.2, 0.25) is 0 Å². The van der Waals surface area contributed by atoms with Gasteiger partial charge in [-0.3, -0.25) is 4.98 Å². The third kappa shape index (κ3) is 4.42. The highest BCUT2D eigenvalue weighted by Crippen LogP contribution is 2.26. The normalized spacial score (nSPS) is 23.1. The molecule has 1 aliphatic heterocycles. The Labute approximate surface area is 129 Å². The SMILES string of the molecule is CC1CN(c2ccnc(CNC(C)(C)C)c2)CC1N(C)C. The molecule has 2 rings (SSSR count). The van der Waals surface area contributed by atoms with E-state index in [9.17, 15) is 0 Å². The van der Waals surface area contributed by atoms with Gasteiger partial charge in [0.2, 0.25) is 0 Å². The Morgan fingerprint density at radius 3 is 2.62 bits per heavy atom. The van der Waals surface area contributed by atoms with E-state index in [-0.39, 0.29) is 5.54 Å². The van der Waals surface area contributed by atoms with Crippen molar-refractivity contribution in [3.8, 4) is 0 Å². The summed E-state index contributed by atoms with van der Waals surface area (Å²) in [5, 5.41) is 3.50. The van der Waals surface area contributed by atoms with Crippen LogP contribution in [0.4, 0.5) is 5.69 Å². The first-order valence-corrected chi connectivity index (χ1v) is 7.87. The summed E-state index contributed by atoms with van der Waals surface area (Å²) in [6.45, 7) is 11.9. The molecule has 2 heterocycles. The van der Waals surface area contributed by atoms with Gasteiger partial charge in [0, 0.05) is 43.1 Å². The zero-order chi connectivity index (χ0) is 15.6. The maximum absolute atomic E-state index is 4.49. The molecule has 118 valence electrons. The number of hydrogen-bond donors (Lipinski definition) is 1. The molecular formula is C17H30N4. The molecule has 1 saturated heterocycles. The molecule has 0 spiro atoms. The Morgan fingerprint density at radius 1 is 1.33 bits per heavy atom. The van der Waals surface area contributed by atoms with E-state index in [2.05, 4.69) is 74.0 Å². The minimum atomic E-state index is 0.121. The molecule has 4 heteroatoms. The molecule has 1 fully saturated rings. The molecule has 0 aliphatic carbocycles. The van der Waals surface area contributed by atoms with E-state index in [1.54, 1.807) is 0 Å². The van der Waals surface area contributed by atoms with Gasteiger partial charge in [0.15, 0.2) is 0 Å². The van der Waals surface area contributed by atoms with Crippen LogP contribution >= 0.6 is 0 Å². The molecule has 1 aromatic rings. The van der Waals surface area contributed by atoms with E-state index < -0.39 is 0 Å². The standard InChI is InChI=1S/C17H30N4/c1-13-11-21(12-16(13)20(5)6)15-7-8-18-14(9-15)10-19-17(2,3)4/h7-9,13,16,19H,10-12H2,1-6H3. The number of anilines is 1. The molecule has 0 bridgehead atoms. The zero-order valence-corrected chi connectivity index (χ0v) is 14.3. The summed E-state index contributed by atoms with van der Waals surface area (Å²) in [5.41, 5.74) is 2.53. The quantitative estimate of drug-likeness (QED) is 0.922. The number of rotatable bonds is 4. The lowest BCUT2D eigenvalue weighted by Gasteiger charge is -2.23. The van der Waals surface area contributed by atoms with Crippen molar-refractivity contribution >= 4 is 5.69 Å². The lowest BCUT2D eigenvalue weighted by Crippen LogP contribution is -2.35. The van der Waals surface area contributed by atoms with Gasteiger partial charge in [0.05, 0.1) is 5.69 Å². The Kier molecular flexibility index (Phi) is 4.89. The molecular weight excluding hydrogens is 260 g/mol. The van der Waals surface area contributed by atoms with Crippen LogP contribution in [0.25, 0.3) is 0 Å². The summed E-state index contributed by atoms with van der Waals surface area (Å²) in [5.74, 6) is 0.698. The van der Waals surface area contributed by atoms with Crippen LogP contribution in [0.1, 0.15) is 33.4 Å². The molecule has 0 aromatic carbocycles. The largest absolute Gasteiger partial charge is 0.370 e. The zero-order valence-electron chi connectivity index (χ0n) is 14.3. The van der Waals surface area contributed by atoms with Gasteiger partial charge < -0.3 is 15.1 Å². The van der Waals surface area contributed by atoms with Crippen molar-refractivity contribution in [3.05, 3.63) is 24.0 Å². The van der Waals surface area contributed by atoms with E-state index in [1.807, 2.05) is 6.20 Å². The fraction of sp³-hybridized carbons (Fsp3) is 0.706. The van der Waals surface area contributed by atoms with Crippen molar-refractivity contribution in [1.29, 1.82) is 0 Å². The first-order valence-electron chi connectivity index (χ1n) is 7.87. The average Bonchev–Trinajstić information content (AvgIpc) is 2.78. The molecule has 2 unspecified atom stereocenters. The minimum absolute atomic E-state index is 0.121. The van der Waals surface area contributed by atoms with Gasteiger partial charge in [-0.25, -0.2) is 0 Å². The van der Waals surface area contributed by atoms with Gasteiger partial charge in [-0.2, -0.15) is 0 Å². The Morgan fingerprint density at radius 2 is 2.05 bits per heavy atom. The van der Waals surface area contributed by atoms with Crippen molar-refractivity contribution < 1.29 is 0 Å². The summed E-state index contributed by atoms with van der Waals surface area (Å²) in [4.78, 5) is 9.31. The molecule has 0 amide bonds. The summed E-state index contributed by atoms with van der Waals surface area (Å²) < 4.78 is 0. The third-order valence-corrected chi connectivity index (χ3v) is 4.20. The van der Waals surface area contributed by atoms with Gasteiger partial charge in [0.1, 0.15) is 0 Å². The first kappa shape index (κ1) is 16.2. The van der Waals surface area contributed by atoms with Crippen LogP contribution in [-0.2, 0) is 6.54 Å². The maximum Gasteiger partial charge on any atom is 0.0562 e. The van der Waals surface area contributed by atoms with Gasteiger partial charge in [-0.1, -0.05) is 6.92 Å². The fourth-order valence-electron chi connectivity index (χ4n) is 2.95. The molecule has 1 aliphatic rings. The highest BCUT2D eigenvalue weighted by molar-refractivity contribution is 5.48. The molecule has 0 radical (unpaired) electrons. The van der Waals surface area contributed by atoms with Crippen molar-refractivity contribution in [1.82, 2.24) is 15.2 Å². The number of likely N-dealkylation sites (N-methyl/N-ethyl adjacent to an activating group) is 1. The van der Waals surface area contributed by atoms with E-state index >= 15 is 0 Å². The second kappa shape index (κ2) is 6.32. The van der Waals surface area contributed by atoms with Gasteiger partial charge in [-0.15, -0.1) is 0 Å². The summed E-state index contributed by atoms with van der Waals surface area (Å²) in [6, 6.07) is 4.99. The summed E-state index contributed by atoms with van der Waals surface area (Å²) >= 11 is 0. The smallest absolute Gasteiger partial charge is 0.0562 e. The molecule has 4 nitrogen and oxygen atoms in total. The van der Waals surface area contributed by atoms with Crippen LogP contribution in [0.15, 0.2) is 18.3 Å². The van der Waals surface area contributed by atoms with Crippen LogP contribution < -0.4 is 10.2 Å². The molecule has 0 saturated carbocycles. The Hall–Kier alpha value is -1.13. The molecule has 2 atom stereocenters. The van der Waals surface area contributed by atoms with Crippen LogP contribution in [0, 0.1) is 5.92 Å².